The number of alkyl halides is 3. The second kappa shape index (κ2) is 7.93. The smallest absolute Gasteiger partial charge is 0.366 e. The van der Waals surface area contributed by atoms with E-state index in [2.05, 4.69) is 27.1 Å². The van der Waals surface area contributed by atoms with E-state index in [9.17, 15) is 13.2 Å². The highest BCUT2D eigenvalue weighted by molar-refractivity contribution is 7.16. The van der Waals surface area contributed by atoms with Crippen molar-refractivity contribution in [3.8, 4) is 11.8 Å². The Hall–Kier alpha value is -2.01. The summed E-state index contributed by atoms with van der Waals surface area (Å²) in [5, 5.41) is 5.86. The number of hydrogen-bond donors (Lipinski definition) is 1. The summed E-state index contributed by atoms with van der Waals surface area (Å²) in [7, 11) is 0. The van der Waals surface area contributed by atoms with Gasteiger partial charge in [-0.25, -0.2) is 9.97 Å². The van der Waals surface area contributed by atoms with E-state index in [4.69, 9.17) is 23.2 Å². The average molecular weight is 430 g/mol. The first-order valence-corrected chi connectivity index (χ1v) is 9.39. The number of hydrogen-bond acceptors (Lipinski definition) is 4. The summed E-state index contributed by atoms with van der Waals surface area (Å²) in [6.07, 6.45) is -2.60. The van der Waals surface area contributed by atoms with Crippen LogP contribution in [0.2, 0.25) is 10.0 Å². The minimum absolute atomic E-state index is 0.0532. The van der Waals surface area contributed by atoms with E-state index >= 15 is 0 Å². The summed E-state index contributed by atoms with van der Waals surface area (Å²) >= 11 is 13.4. The van der Waals surface area contributed by atoms with Crippen LogP contribution < -0.4 is 5.32 Å². The number of anilines is 1. The fraction of sp³-hybridized carbons (Fsp3) is 0.222. The predicted octanol–water partition coefficient (Wildman–Crippen LogP) is 6.26. The van der Waals surface area contributed by atoms with Crippen molar-refractivity contribution in [2.24, 2.45) is 0 Å². The number of thiophene rings is 1. The van der Waals surface area contributed by atoms with Crippen LogP contribution in [0.3, 0.4) is 0 Å². The number of fused-ring (bicyclic) bond motifs is 1. The lowest BCUT2D eigenvalue weighted by atomic mass is 10.1. The summed E-state index contributed by atoms with van der Waals surface area (Å²) in [6.45, 7) is 1.92. The normalized spacial score (nSPS) is 12.5. The van der Waals surface area contributed by atoms with Crippen molar-refractivity contribution in [1.82, 2.24) is 9.97 Å². The molecule has 0 saturated heterocycles. The van der Waals surface area contributed by atoms with Gasteiger partial charge in [0.15, 0.2) is 0 Å². The van der Waals surface area contributed by atoms with Crippen LogP contribution in [-0.4, -0.2) is 16.0 Å². The Morgan fingerprint density at radius 2 is 1.93 bits per heavy atom. The van der Waals surface area contributed by atoms with Gasteiger partial charge in [-0.1, -0.05) is 35.0 Å². The number of aromatic nitrogens is 2. The molecule has 140 valence electrons. The molecular weight excluding hydrogens is 418 g/mol. The Labute approximate surface area is 167 Å². The maximum atomic E-state index is 12.8. The monoisotopic (exact) mass is 429 g/mol. The lowest BCUT2D eigenvalue weighted by Crippen LogP contribution is -2.15. The Bertz CT molecular complexity index is 1010. The van der Waals surface area contributed by atoms with E-state index in [1.807, 2.05) is 18.4 Å². The predicted molar refractivity (Wildman–Crippen MR) is 103 cm³/mol. The van der Waals surface area contributed by atoms with Gasteiger partial charge in [-0.15, -0.1) is 11.3 Å². The summed E-state index contributed by atoms with van der Waals surface area (Å²) in [4.78, 5) is 9.30. The van der Waals surface area contributed by atoms with E-state index in [1.54, 1.807) is 0 Å². The summed E-state index contributed by atoms with van der Waals surface area (Å²) in [6, 6.07) is 3.53. The molecule has 0 spiro atoms. The van der Waals surface area contributed by atoms with E-state index in [0.29, 0.717) is 12.2 Å². The highest BCUT2D eigenvalue weighted by Crippen LogP contribution is 2.35. The number of halogens is 5. The Balaban J connectivity index is 1.72. The molecule has 9 heteroatoms. The minimum Gasteiger partial charge on any atom is -0.366 e. The topological polar surface area (TPSA) is 37.8 Å². The summed E-state index contributed by atoms with van der Waals surface area (Å²) in [5.74, 6) is 6.37. The third-order valence-corrected chi connectivity index (χ3v) is 5.05. The number of nitrogens with zero attached hydrogens (tertiary/aromatic N) is 2. The van der Waals surface area contributed by atoms with E-state index in [1.165, 1.54) is 17.7 Å². The van der Waals surface area contributed by atoms with E-state index < -0.39 is 11.7 Å². The maximum Gasteiger partial charge on any atom is 0.416 e. The molecule has 2 aromatic heterocycles. The van der Waals surface area contributed by atoms with Gasteiger partial charge >= 0.3 is 6.18 Å². The molecule has 1 unspecified atom stereocenters. The highest BCUT2D eigenvalue weighted by Gasteiger charge is 2.31. The van der Waals surface area contributed by atoms with Gasteiger partial charge in [0.05, 0.1) is 26.6 Å². The maximum absolute atomic E-state index is 12.8. The zero-order valence-corrected chi connectivity index (χ0v) is 16.2. The molecule has 1 N–H and O–H groups in total. The molecule has 3 nitrogen and oxygen atoms in total. The third kappa shape index (κ3) is 4.64. The number of rotatable bonds is 3. The Morgan fingerprint density at radius 3 is 2.59 bits per heavy atom. The van der Waals surface area contributed by atoms with Crippen LogP contribution in [0.4, 0.5) is 19.0 Å². The molecule has 3 rings (SSSR count). The largest absolute Gasteiger partial charge is 0.416 e. The van der Waals surface area contributed by atoms with Crippen LogP contribution in [0.15, 0.2) is 29.9 Å². The summed E-state index contributed by atoms with van der Waals surface area (Å²) < 4.78 is 38.3. The van der Waals surface area contributed by atoms with Crippen molar-refractivity contribution >= 4 is 50.6 Å². The van der Waals surface area contributed by atoms with Crippen LogP contribution in [0, 0.1) is 11.8 Å². The van der Waals surface area contributed by atoms with Crippen LogP contribution in [0.5, 0.6) is 0 Å². The molecule has 0 aliphatic carbocycles. The first-order valence-electron chi connectivity index (χ1n) is 7.75. The number of nitrogens with one attached hydrogen (secondary N) is 1. The molecule has 1 atom stereocenters. The van der Waals surface area contributed by atoms with Gasteiger partial charge in [0.25, 0.3) is 0 Å². The molecule has 27 heavy (non-hydrogen) atoms. The molecule has 0 fully saturated rings. The van der Waals surface area contributed by atoms with Gasteiger partial charge < -0.3 is 5.32 Å². The quantitative estimate of drug-likeness (QED) is 0.499. The summed E-state index contributed by atoms with van der Waals surface area (Å²) in [5.41, 5.74) is -0.720. The Morgan fingerprint density at radius 1 is 1.22 bits per heavy atom. The van der Waals surface area contributed by atoms with E-state index in [-0.39, 0.29) is 21.7 Å². The number of benzene rings is 1. The zero-order chi connectivity index (χ0) is 19.6. The van der Waals surface area contributed by atoms with Crippen molar-refractivity contribution < 1.29 is 13.2 Å². The Kier molecular flexibility index (Phi) is 5.80. The molecule has 0 amide bonds. The lowest BCUT2D eigenvalue weighted by Gasteiger charge is -2.12. The first-order chi connectivity index (χ1) is 12.8. The molecule has 0 bridgehead atoms. The molecule has 3 aromatic rings. The molecule has 1 aromatic carbocycles. The molecule has 2 heterocycles. The van der Waals surface area contributed by atoms with E-state index in [0.717, 1.165) is 22.3 Å². The van der Waals surface area contributed by atoms with Crippen molar-refractivity contribution in [3.05, 3.63) is 51.1 Å². The van der Waals surface area contributed by atoms with Crippen LogP contribution >= 0.6 is 34.5 Å². The molecule has 0 aliphatic heterocycles. The highest BCUT2D eigenvalue weighted by atomic mass is 35.5. The van der Waals surface area contributed by atoms with Gasteiger partial charge in [-0.2, -0.15) is 13.2 Å². The van der Waals surface area contributed by atoms with Crippen LogP contribution in [0.25, 0.3) is 10.2 Å². The fourth-order valence-corrected chi connectivity index (χ4v) is 3.65. The van der Waals surface area contributed by atoms with Gasteiger partial charge in [0.1, 0.15) is 17.0 Å². The lowest BCUT2D eigenvalue weighted by molar-refractivity contribution is -0.137. The van der Waals surface area contributed by atoms with Gasteiger partial charge in [0.2, 0.25) is 0 Å². The van der Waals surface area contributed by atoms with Crippen LogP contribution in [-0.2, 0) is 6.18 Å². The van der Waals surface area contributed by atoms with Gasteiger partial charge in [-0.05, 0) is 30.5 Å². The van der Waals surface area contributed by atoms with Crippen molar-refractivity contribution in [2.75, 3.05) is 5.32 Å². The standard InChI is InChI=1S/C18H12Cl2F3N3S/c1-10(26-16-13-5-6-27-17(13)25-9-24-16)3-2-4-12-14(19)7-11(8-15(12)20)18(21,22)23/h5-10H,3H2,1H3,(H,24,25,26). The second-order valence-corrected chi connectivity index (χ2v) is 7.43. The van der Waals surface area contributed by atoms with Crippen molar-refractivity contribution in [1.29, 1.82) is 0 Å². The minimum atomic E-state index is -4.51. The molecule has 0 radical (unpaired) electrons. The molecule has 0 saturated carbocycles. The second-order valence-electron chi connectivity index (χ2n) is 5.73. The van der Waals surface area contributed by atoms with Crippen molar-refractivity contribution in [3.63, 3.8) is 0 Å². The first kappa shape index (κ1) is 19.7. The zero-order valence-electron chi connectivity index (χ0n) is 13.9. The SMILES string of the molecule is CC(CC#Cc1c(Cl)cc(C(F)(F)F)cc1Cl)Nc1ncnc2sccc12. The van der Waals surface area contributed by atoms with Crippen LogP contribution in [0.1, 0.15) is 24.5 Å². The third-order valence-electron chi connectivity index (χ3n) is 3.64. The van der Waals surface area contributed by atoms with Crippen molar-refractivity contribution in [2.45, 2.75) is 25.6 Å². The molecule has 0 aliphatic rings. The fourth-order valence-electron chi connectivity index (χ4n) is 2.34. The van der Waals surface area contributed by atoms with Gasteiger partial charge in [0, 0.05) is 12.5 Å². The van der Waals surface area contributed by atoms with Gasteiger partial charge in [-0.3, -0.25) is 0 Å². The molecular formula is C18H12Cl2F3N3S. The average Bonchev–Trinajstić information content (AvgIpc) is 3.06.